The maximum atomic E-state index is 12.9. The Morgan fingerprint density at radius 1 is 1.09 bits per heavy atom. The van der Waals surface area contributed by atoms with E-state index < -0.39 is 23.7 Å². The Labute approximate surface area is 193 Å². The van der Waals surface area contributed by atoms with E-state index in [1.54, 1.807) is 12.5 Å². The molecule has 1 aromatic rings. The number of nitrogens with one attached hydrogen (secondary N) is 2. The molecule has 0 aromatic heterocycles. The zero-order valence-corrected chi connectivity index (χ0v) is 19.8. The fraction of sp³-hybridized carbons (Fsp3) is 0.545. The third-order valence-corrected chi connectivity index (χ3v) is 5.93. The number of nitrogens with zero attached hydrogens (tertiary/aromatic N) is 1. The molecule has 32 heavy (non-hydrogen) atoms. The van der Waals surface area contributed by atoms with E-state index in [1.807, 2.05) is 44.2 Å². The van der Waals surface area contributed by atoms with E-state index >= 15 is 0 Å². The van der Waals surface area contributed by atoms with Crippen LogP contribution in [0.3, 0.4) is 0 Å². The van der Waals surface area contributed by atoms with Gasteiger partial charge in [-0.2, -0.15) is 0 Å². The summed E-state index contributed by atoms with van der Waals surface area (Å²) >= 11 is 1.15. The van der Waals surface area contributed by atoms with Crippen molar-refractivity contribution in [2.45, 2.75) is 26.7 Å². The van der Waals surface area contributed by atoms with Gasteiger partial charge >= 0.3 is 5.97 Å². The summed E-state index contributed by atoms with van der Waals surface area (Å²) in [5.41, 5.74) is 2.38. The maximum Gasteiger partial charge on any atom is 0.315 e. The van der Waals surface area contributed by atoms with Crippen molar-refractivity contribution in [2.75, 3.05) is 37.1 Å². The molecule has 0 radical (unpaired) electrons. The predicted octanol–water partition coefficient (Wildman–Crippen LogP) is 1.85. The first-order valence-corrected chi connectivity index (χ1v) is 11.5. The van der Waals surface area contributed by atoms with E-state index in [2.05, 4.69) is 10.1 Å². The standard InChI is InChI=1S/C22H33N3O6S/c1-15(2)12-17(18(22(29)24-30)13-32-14-20(27)31-4)21(28)23-11-10-19(26)25(3)16-8-6-5-7-9-16/h5-9,15,17-18,30H,10-14H2,1-4H3,(H,23,28)(H,24,29)/t17-,18+/m1/s1. The highest BCUT2D eigenvalue weighted by molar-refractivity contribution is 7.99. The van der Waals surface area contributed by atoms with Crippen LogP contribution in [-0.2, 0) is 23.9 Å². The van der Waals surface area contributed by atoms with Gasteiger partial charge in [0.15, 0.2) is 0 Å². The second-order valence-electron chi connectivity index (χ2n) is 7.74. The van der Waals surface area contributed by atoms with Gasteiger partial charge in [0.1, 0.15) is 0 Å². The molecule has 3 N–H and O–H groups in total. The van der Waals surface area contributed by atoms with E-state index in [1.165, 1.54) is 12.0 Å². The Bertz CT molecular complexity index is 759. The first kappa shape index (κ1) is 27.4. The van der Waals surface area contributed by atoms with Crippen molar-refractivity contribution in [1.82, 2.24) is 10.8 Å². The number of hydroxylamine groups is 1. The topological polar surface area (TPSA) is 125 Å². The van der Waals surface area contributed by atoms with Gasteiger partial charge in [-0.05, 0) is 24.5 Å². The normalized spacial score (nSPS) is 12.6. The number of carbonyl (C=O) groups is 4. The average Bonchev–Trinajstić information content (AvgIpc) is 2.79. The minimum atomic E-state index is -0.847. The van der Waals surface area contributed by atoms with Gasteiger partial charge in [0.25, 0.3) is 0 Å². The molecule has 0 spiro atoms. The van der Waals surface area contributed by atoms with Gasteiger partial charge in [0.05, 0.1) is 24.7 Å². The molecule has 10 heteroatoms. The SMILES string of the molecule is COC(=O)CSC[C@H](C(=O)NO)[C@@H](CC(C)C)C(=O)NCCC(=O)N(C)c1ccccc1. The molecule has 0 aliphatic rings. The van der Waals surface area contributed by atoms with Crippen molar-refractivity contribution in [3.05, 3.63) is 30.3 Å². The number of carbonyl (C=O) groups excluding carboxylic acids is 4. The molecule has 0 saturated heterocycles. The highest BCUT2D eigenvalue weighted by Crippen LogP contribution is 2.25. The number of rotatable bonds is 13. The number of anilines is 1. The first-order valence-electron chi connectivity index (χ1n) is 10.4. The molecule has 2 atom stereocenters. The number of hydrogen-bond donors (Lipinski definition) is 3. The third-order valence-electron chi connectivity index (χ3n) is 4.90. The number of methoxy groups -OCH3 is 1. The minimum absolute atomic E-state index is 0.0298. The lowest BCUT2D eigenvalue weighted by Gasteiger charge is -2.26. The quantitative estimate of drug-likeness (QED) is 0.230. The third kappa shape index (κ3) is 9.27. The summed E-state index contributed by atoms with van der Waals surface area (Å²) in [7, 11) is 2.94. The summed E-state index contributed by atoms with van der Waals surface area (Å²) in [6.07, 6.45) is 0.500. The summed E-state index contributed by atoms with van der Waals surface area (Å²) < 4.78 is 4.59. The van der Waals surface area contributed by atoms with Gasteiger partial charge in [-0.3, -0.25) is 24.4 Å². The lowest BCUT2D eigenvalue weighted by molar-refractivity contribution is -0.140. The van der Waals surface area contributed by atoms with Crippen molar-refractivity contribution in [1.29, 1.82) is 0 Å². The van der Waals surface area contributed by atoms with Crippen LogP contribution in [-0.4, -0.2) is 61.1 Å². The second-order valence-corrected chi connectivity index (χ2v) is 8.77. The van der Waals surface area contributed by atoms with Gasteiger partial charge in [-0.15, -0.1) is 11.8 Å². The molecular formula is C22H33N3O6S. The number of hydrogen-bond acceptors (Lipinski definition) is 7. The number of thioether (sulfide) groups is 1. The van der Waals surface area contributed by atoms with Gasteiger partial charge in [-0.25, -0.2) is 5.48 Å². The largest absolute Gasteiger partial charge is 0.468 e. The predicted molar refractivity (Wildman–Crippen MR) is 123 cm³/mol. The first-order chi connectivity index (χ1) is 15.2. The molecule has 1 aromatic carbocycles. The Hall–Kier alpha value is -2.59. The molecule has 3 amide bonds. The van der Waals surface area contributed by atoms with E-state index in [0.717, 1.165) is 17.4 Å². The van der Waals surface area contributed by atoms with E-state index in [4.69, 9.17) is 5.21 Å². The molecule has 0 aliphatic carbocycles. The number of esters is 1. The summed E-state index contributed by atoms with van der Waals surface area (Å²) in [5.74, 6) is -2.95. The highest BCUT2D eigenvalue weighted by Gasteiger charge is 2.34. The molecule has 9 nitrogen and oxygen atoms in total. The summed E-state index contributed by atoms with van der Waals surface area (Å²) in [5, 5.41) is 11.9. The lowest BCUT2D eigenvalue weighted by atomic mass is 9.85. The smallest absolute Gasteiger partial charge is 0.315 e. The van der Waals surface area contributed by atoms with Gasteiger partial charge in [0, 0.05) is 31.5 Å². The van der Waals surface area contributed by atoms with Crippen molar-refractivity contribution < 1.29 is 29.1 Å². The van der Waals surface area contributed by atoms with Crippen molar-refractivity contribution in [2.24, 2.45) is 17.8 Å². The van der Waals surface area contributed by atoms with Gasteiger partial charge in [0.2, 0.25) is 17.7 Å². The maximum absolute atomic E-state index is 12.9. The van der Waals surface area contributed by atoms with Crippen LogP contribution < -0.4 is 15.7 Å². The molecule has 178 valence electrons. The minimum Gasteiger partial charge on any atom is -0.468 e. The molecule has 0 bridgehead atoms. The zero-order valence-electron chi connectivity index (χ0n) is 19.0. The van der Waals surface area contributed by atoms with E-state index in [9.17, 15) is 19.2 Å². The summed E-state index contributed by atoms with van der Waals surface area (Å²) in [4.78, 5) is 50.5. The second kappa shape index (κ2) is 14.5. The monoisotopic (exact) mass is 467 g/mol. The van der Waals surface area contributed by atoms with Crippen LogP contribution in [0.5, 0.6) is 0 Å². The Balaban J connectivity index is 2.76. The van der Waals surface area contributed by atoms with Crippen molar-refractivity contribution in [3.63, 3.8) is 0 Å². The van der Waals surface area contributed by atoms with Crippen LogP contribution in [0.4, 0.5) is 5.69 Å². The molecule has 1 rings (SSSR count). The molecule has 0 fully saturated rings. The Kier molecular flexibility index (Phi) is 12.4. The Morgan fingerprint density at radius 3 is 2.31 bits per heavy atom. The molecule has 0 saturated carbocycles. The van der Waals surface area contributed by atoms with Crippen LogP contribution in [0.2, 0.25) is 0 Å². The van der Waals surface area contributed by atoms with Gasteiger partial charge in [-0.1, -0.05) is 32.0 Å². The summed E-state index contributed by atoms with van der Waals surface area (Å²) in [6, 6.07) is 9.17. The number of benzene rings is 1. The van der Waals surface area contributed by atoms with Crippen molar-refractivity contribution in [3.8, 4) is 0 Å². The molecule has 0 aliphatic heterocycles. The number of ether oxygens (including phenoxy) is 1. The van der Waals surface area contributed by atoms with Gasteiger partial charge < -0.3 is 15.0 Å². The fourth-order valence-corrected chi connectivity index (χ4v) is 4.17. The number of para-hydroxylation sites is 1. The van der Waals surface area contributed by atoms with E-state index in [-0.39, 0.29) is 42.2 Å². The zero-order chi connectivity index (χ0) is 24.1. The van der Waals surface area contributed by atoms with Crippen LogP contribution >= 0.6 is 11.8 Å². The molecule has 0 heterocycles. The lowest BCUT2D eigenvalue weighted by Crippen LogP contribution is -2.44. The van der Waals surface area contributed by atoms with Crippen LogP contribution in [0.1, 0.15) is 26.7 Å². The van der Waals surface area contributed by atoms with Crippen LogP contribution in [0, 0.1) is 17.8 Å². The van der Waals surface area contributed by atoms with Crippen LogP contribution in [0.25, 0.3) is 0 Å². The highest BCUT2D eigenvalue weighted by atomic mass is 32.2. The summed E-state index contributed by atoms with van der Waals surface area (Å²) in [6.45, 7) is 3.97. The average molecular weight is 468 g/mol. The Morgan fingerprint density at radius 2 is 1.75 bits per heavy atom. The molecule has 0 unspecified atom stereocenters. The van der Waals surface area contributed by atoms with E-state index in [0.29, 0.717) is 6.42 Å². The van der Waals surface area contributed by atoms with Crippen LogP contribution in [0.15, 0.2) is 30.3 Å². The molecular weight excluding hydrogens is 434 g/mol. The fourth-order valence-electron chi connectivity index (χ4n) is 3.13. The number of amides is 3. The van der Waals surface area contributed by atoms with Crippen molar-refractivity contribution >= 4 is 41.1 Å².